The fraction of sp³-hybridized carbons (Fsp3) is 0.545. The first-order chi connectivity index (χ1) is 8.29. The quantitative estimate of drug-likeness (QED) is 0.833. The smallest absolute Gasteiger partial charge is 0.206 e. The molecule has 1 fully saturated rings. The van der Waals surface area contributed by atoms with Gasteiger partial charge in [0, 0.05) is 13.0 Å². The van der Waals surface area contributed by atoms with E-state index in [1.807, 2.05) is 0 Å². The minimum atomic E-state index is 0.0870. The van der Waals surface area contributed by atoms with Crippen LogP contribution >= 0.6 is 23.1 Å². The second kappa shape index (κ2) is 6.16. The summed E-state index contributed by atoms with van der Waals surface area (Å²) in [4.78, 5) is 11.7. The summed E-state index contributed by atoms with van der Waals surface area (Å²) in [6, 6.07) is 0. The van der Waals surface area contributed by atoms with Gasteiger partial charge in [0.05, 0.1) is 5.25 Å². The minimum absolute atomic E-state index is 0.0870. The highest BCUT2D eigenvalue weighted by Crippen LogP contribution is 2.34. The second-order valence-corrected chi connectivity index (χ2v) is 6.29. The van der Waals surface area contributed by atoms with Crippen LogP contribution in [0.5, 0.6) is 0 Å². The van der Waals surface area contributed by atoms with Crippen LogP contribution in [0.1, 0.15) is 25.7 Å². The number of rotatable bonds is 5. The zero-order chi connectivity index (χ0) is 12.1. The molecule has 1 aliphatic rings. The highest BCUT2D eigenvalue weighted by molar-refractivity contribution is 8.02. The van der Waals surface area contributed by atoms with Crippen LogP contribution in [0.2, 0.25) is 0 Å². The molecular weight excluding hydrogens is 254 g/mol. The van der Waals surface area contributed by atoms with Crippen molar-refractivity contribution in [3.8, 4) is 0 Å². The summed E-state index contributed by atoms with van der Waals surface area (Å²) in [5.74, 6) is 0.358. The number of Topliss-reactive ketones (excluding diaryl/α,β-unsaturated/α-hetero) is 1. The molecule has 0 bridgehead atoms. The first-order valence-corrected chi connectivity index (χ1v) is 7.37. The summed E-state index contributed by atoms with van der Waals surface area (Å²) in [7, 11) is 0. The molecule has 4 nitrogen and oxygen atoms in total. The number of carbonyl (C=O) groups excluding carboxylic acids is 1. The van der Waals surface area contributed by atoms with Crippen LogP contribution in [0.25, 0.3) is 0 Å². The Hall–Kier alpha value is -0.880. The van der Waals surface area contributed by atoms with Gasteiger partial charge in [0.1, 0.15) is 5.78 Å². The number of ketones is 1. The Bertz CT molecular complexity index is 405. The van der Waals surface area contributed by atoms with Gasteiger partial charge in [-0.3, -0.25) is 4.79 Å². The second-order valence-electron chi connectivity index (χ2n) is 3.86. The van der Waals surface area contributed by atoms with Gasteiger partial charge in [-0.15, -0.1) is 16.8 Å². The third kappa shape index (κ3) is 3.54. The number of carbonyl (C=O) groups is 1. The van der Waals surface area contributed by atoms with Gasteiger partial charge in [-0.2, -0.15) is 0 Å². The average Bonchev–Trinajstić information content (AvgIpc) is 2.77. The molecule has 1 N–H and O–H groups in total. The summed E-state index contributed by atoms with van der Waals surface area (Å²) in [5, 5.41) is 12.1. The lowest BCUT2D eigenvalue weighted by Crippen LogP contribution is -2.21. The van der Waals surface area contributed by atoms with Crippen LogP contribution < -0.4 is 5.32 Å². The van der Waals surface area contributed by atoms with Gasteiger partial charge < -0.3 is 5.32 Å². The molecule has 0 aliphatic heterocycles. The van der Waals surface area contributed by atoms with E-state index < -0.39 is 0 Å². The fourth-order valence-electron chi connectivity index (χ4n) is 1.69. The Balaban J connectivity index is 1.91. The lowest BCUT2D eigenvalue weighted by atomic mass is 9.99. The van der Waals surface area contributed by atoms with Gasteiger partial charge in [0.15, 0.2) is 4.34 Å². The van der Waals surface area contributed by atoms with E-state index in [0.717, 1.165) is 35.2 Å². The van der Waals surface area contributed by atoms with E-state index in [2.05, 4.69) is 22.1 Å². The summed E-state index contributed by atoms with van der Waals surface area (Å²) >= 11 is 3.05. The molecule has 0 saturated heterocycles. The molecule has 1 saturated carbocycles. The standard InChI is InChI=1S/C11H15N3OS2/c1-2-7-12-10-13-14-11(17-10)16-9-6-4-3-5-8(9)15/h2,9H,1,3-7H2,(H,12,13). The highest BCUT2D eigenvalue weighted by atomic mass is 32.2. The topological polar surface area (TPSA) is 54.9 Å². The zero-order valence-electron chi connectivity index (χ0n) is 9.52. The molecule has 1 atom stereocenters. The summed E-state index contributed by atoms with van der Waals surface area (Å²) in [5.41, 5.74) is 0. The first kappa shape index (κ1) is 12.6. The average molecular weight is 269 g/mol. The van der Waals surface area contributed by atoms with E-state index >= 15 is 0 Å². The monoisotopic (exact) mass is 269 g/mol. The number of nitrogens with zero attached hydrogens (tertiary/aromatic N) is 2. The normalized spacial score (nSPS) is 20.2. The van der Waals surface area contributed by atoms with Gasteiger partial charge >= 0.3 is 0 Å². The van der Waals surface area contributed by atoms with Crippen LogP contribution in [-0.4, -0.2) is 27.8 Å². The van der Waals surface area contributed by atoms with E-state index in [-0.39, 0.29) is 5.25 Å². The molecule has 0 radical (unpaired) electrons. The number of hydrogen-bond acceptors (Lipinski definition) is 6. The molecular formula is C11H15N3OS2. The molecule has 6 heteroatoms. The van der Waals surface area contributed by atoms with Gasteiger partial charge in [0.2, 0.25) is 5.13 Å². The van der Waals surface area contributed by atoms with Crippen molar-refractivity contribution in [1.82, 2.24) is 10.2 Å². The Kier molecular flexibility index (Phi) is 4.56. The molecule has 2 rings (SSSR count). The molecule has 1 aliphatic carbocycles. The van der Waals surface area contributed by atoms with E-state index in [4.69, 9.17) is 0 Å². The molecule has 1 aromatic rings. The Morgan fingerprint density at radius 2 is 2.41 bits per heavy atom. The van der Waals surface area contributed by atoms with Crippen LogP contribution in [0, 0.1) is 0 Å². The third-order valence-corrected chi connectivity index (χ3v) is 4.83. The van der Waals surface area contributed by atoms with Crippen molar-refractivity contribution in [3.05, 3.63) is 12.7 Å². The van der Waals surface area contributed by atoms with Crippen molar-refractivity contribution < 1.29 is 4.79 Å². The van der Waals surface area contributed by atoms with E-state index in [9.17, 15) is 4.79 Å². The summed E-state index contributed by atoms with van der Waals surface area (Å²) in [6.45, 7) is 4.31. The number of aromatic nitrogens is 2. The predicted molar refractivity (Wildman–Crippen MR) is 71.7 cm³/mol. The number of thioether (sulfide) groups is 1. The molecule has 0 aromatic carbocycles. The lowest BCUT2D eigenvalue weighted by Gasteiger charge is -2.17. The van der Waals surface area contributed by atoms with Crippen LogP contribution in [0.3, 0.4) is 0 Å². The van der Waals surface area contributed by atoms with Gasteiger partial charge in [-0.05, 0) is 12.8 Å². The predicted octanol–water partition coefficient (Wildman–Crippen LogP) is 2.74. The molecule has 17 heavy (non-hydrogen) atoms. The van der Waals surface area contributed by atoms with Crippen molar-refractivity contribution in [1.29, 1.82) is 0 Å². The maximum absolute atomic E-state index is 11.7. The Labute approximate surface area is 109 Å². The van der Waals surface area contributed by atoms with Gasteiger partial charge in [-0.25, -0.2) is 0 Å². The molecule has 1 heterocycles. The summed E-state index contributed by atoms with van der Waals surface area (Å²) < 4.78 is 0.872. The van der Waals surface area contributed by atoms with Crippen molar-refractivity contribution >= 4 is 34.0 Å². The fourth-order valence-corrected chi connectivity index (χ4v) is 3.81. The maximum atomic E-state index is 11.7. The molecule has 1 unspecified atom stereocenters. The zero-order valence-corrected chi connectivity index (χ0v) is 11.1. The van der Waals surface area contributed by atoms with Crippen molar-refractivity contribution in [3.63, 3.8) is 0 Å². The van der Waals surface area contributed by atoms with Gasteiger partial charge in [0.25, 0.3) is 0 Å². The van der Waals surface area contributed by atoms with E-state index in [1.54, 1.807) is 17.8 Å². The van der Waals surface area contributed by atoms with Crippen molar-refractivity contribution in [2.24, 2.45) is 0 Å². The number of nitrogens with one attached hydrogen (secondary N) is 1. The van der Waals surface area contributed by atoms with Crippen LogP contribution in [-0.2, 0) is 4.79 Å². The van der Waals surface area contributed by atoms with Crippen molar-refractivity contribution in [2.75, 3.05) is 11.9 Å². The molecule has 92 valence electrons. The number of hydrogen-bond donors (Lipinski definition) is 1. The maximum Gasteiger partial charge on any atom is 0.206 e. The SMILES string of the molecule is C=CCNc1nnc(SC2CCCCC2=O)s1. The molecule has 0 amide bonds. The number of anilines is 1. The molecule has 1 aromatic heterocycles. The van der Waals surface area contributed by atoms with Crippen LogP contribution in [0.15, 0.2) is 17.0 Å². The van der Waals surface area contributed by atoms with E-state index in [0.29, 0.717) is 12.3 Å². The lowest BCUT2D eigenvalue weighted by molar-refractivity contribution is -0.119. The van der Waals surface area contributed by atoms with Crippen molar-refractivity contribution in [2.45, 2.75) is 35.3 Å². The Morgan fingerprint density at radius 3 is 3.18 bits per heavy atom. The third-order valence-electron chi connectivity index (χ3n) is 2.55. The largest absolute Gasteiger partial charge is 0.357 e. The van der Waals surface area contributed by atoms with Crippen LogP contribution in [0.4, 0.5) is 5.13 Å². The highest BCUT2D eigenvalue weighted by Gasteiger charge is 2.24. The van der Waals surface area contributed by atoms with Gasteiger partial charge in [-0.1, -0.05) is 35.6 Å². The van der Waals surface area contributed by atoms with E-state index in [1.165, 1.54) is 11.3 Å². The minimum Gasteiger partial charge on any atom is -0.357 e. The summed E-state index contributed by atoms with van der Waals surface area (Å²) in [6.07, 6.45) is 5.65. The molecule has 0 spiro atoms. The Morgan fingerprint density at radius 1 is 1.53 bits per heavy atom. The first-order valence-electron chi connectivity index (χ1n) is 5.67.